The zero-order valence-electron chi connectivity index (χ0n) is 9.02. The third-order valence-electron chi connectivity index (χ3n) is 2.15. The summed E-state index contributed by atoms with van der Waals surface area (Å²) in [5.41, 5.74) is 0.619. The third kappa shape index (κ3) is 4.16. The largest absolute Gasteiger partial charge is 0.392 e. The molecule has 0 spiro atoms. The van der Waals surface area contributed by atoms with Gasteiger partial charge in [-0.05, 0) is 18.6 Å². The molecule has 3 heteroatoms. The summed E-state index contributed by atoms with van der Waals surface area (Å²) in [5.74, 6) is 2.24. The SMILES string of the molecule is C#CC[C@H](O)CCNC(=O)c1ccccc1. The van der Waals surface area contributed by atoms with E-state index in [1.165, 1.54) is 0 Å². The van der Waals surface area contributed by atoms with Crippen LogP contribution in [0.5, 0.6) is 0 Å². The molecule has 0 aliphatic heterocycles. The van der Waals surface area contributed by atoms with Crippen molar-refractivity contribution in [2.24, 2.45) is 0 Å². The topological polar surface area (TPSA) is 49.3 Å². The molecule has 0 unspecified atom stereocenters. The van der Waals surface area contributed by atoms with Gasteiger partial charge in [0, 0.05) is 18.5 Å². The summed E-state index contributed by atoms with van der Waals surface area (Å²) in [4.78, 5) is 11.6. The molecular formula is C13H15NO2. The minimum Gasteiger partial charge on any atom is -0.392 e. The molecule has 0 saturated carbocycles. The number of hydrogen-bond acceptors (Lipinski definition) is 2. The molecule has 84 valence electrons. The maximum atomic E-state index is 11.6. The van der Waals surface area contributed by atoms with E-state index in [-0.39, 0.29) is 5.91 Å². The molecule has 2 N–H and O–H groups in total. The monoisotopic (exact) mass is 217 g/mol. The van der Waals surface area contributed by atoms with Crippen LogP contribution in [-0.4, -0.2) is 23.7 Å². The molecule has 0 aromatic heterocycles. The second kappa shape index (κ2) is 6.65. The van der Waals surface area contributed by atoms with E-state index >= 15 is 0 Å². The van der Waals surface area contributed by atoms with Gasteiger partial charge in [-0.1, -0.05) is 18.2 Å². The number of aliphatic hydroxyl groups excluding tert-OH is 1. The molecule has 0 fully saturated rings. The normalized spacial score (nSPS) is 11.5. The van der Waals surface area contributed by atoms with E-state index < -0.39 is 6.10 Å². The van der Waals surface area contributed by atoms with Crippen LogP contribution in [0.4, 0.5) is 0 Å². The van der Waals surface area contributed by atoms with Crippen molar-refractivity contribution in [1.82, 2.24) is 5.32 Å². The Hall–Kier alpha value is -1.79. The van der Waals surface area contributed by atoms with Crippen molar-refractivity contribution < 1.29 is 9.90 Å². The number of aliphatic hydroxyl groups is 1. The second-order valence-corrected chi connectivity index (χ2v) is 3.47. The zero-order chi connectivity index (χ0) is 11.8. The number of carbonyl (C=O) groups excluding carboxylic acids is 1. The molecule has 0 heterocycles. The highest BCUT2D eigenvalue weighted by Crippen LogP contribution is 1.99. The smallest absolute Gasteiger partial charge is 0.251 e. The molecule has 1 amide bonds. The van der Waals surface area contributed by atoms with E-state index in [0.717, 1.165) is 0 Å². The van der Waals surface area contributed by atoms with E-state index in [9.17, 15) is 9.90 Å². The van der Waals surface area contributed by atoms with Gasteiger partial charge in [0.15, 0.2) is 0 Å². The molecule has 0 bridgehead atoms. The number of carbonyl (C=O) groups is 1. The summed E-state index contributed by atoms with van der Waals surface area (Å²) >= 11 is 0. The lowest BCUT2D eigenvalue weighted by Crippen LogP contribution is -2.26. The minimum absolute atomic E-state index is 0.131. The summed E-state index contributed by atoms with van der Waals surface area (Å²) in [6, 6.07) is 8.96. The average Bonchev–Trinajstić information content (AvgIpc) is 2.30. The summed E-state index contributed by atoms with van der Waals surface area (Å²) < 4.78 is 0. The Morgan fingerprint density at radius 3 is 2.75 bits per heavy atom. The van der Waals surface area contributed by atoms with Crippen LogP contribution in [0.25, 0.3) is 0 Å². The van der Waals surface area contributed by atoms with E-state index in [1.54, 1.807) is 12.1 Å². The second-order valence-electron chi connectivity index (χ2n) is 3.47. The first kappa shape index (κ1) is 12.3. The van der Waals surface area contributed by atoms with Crippen LogP contribution in [0.15, 0.2) is 30.3 Å². The molecule has 16 heavy (non-hydrogen) atoms. The van der Waals surface area contributed by atoms with Crippen LogP contribution in [0.3, 0.4) is 0 Å². The number of terminal acetylenes is 1. The van der Waals surface area contributed by atoms with Gasteiger partial charge in [-0.3, -0.25) is 4.79 Å². The van der Waals surface area contributed by atoms with Gasteiger partial charge >= 0.3 is 0 Å². The first-order valence-corrected chi connectivity index (χ1v) is 5.19. The standard InChI is InChI=1S/C13H15NO2/c1-2-6-12(15)9-10-14-13(16)11-7-4-3-5-8-11/h1,3-5,7-8,12,15H,6,9-10H2,(H,14,16)/t12-/m0/s1. The molecule has 0 aliphatic carbocycles. The summed E-state index contributed by atoms with van der Waals surface area (Å²) in [5, 5.41) is 12.1. The molecule has 0 radical (unpaired) electrons. The molecule has 1 aromatic carbocycles. The predicted molar refractivity (Wildman–Crippen MR) is 62.8 cm³/mol. The lowest BCUT2D eigenvalue weighted by Gasteiger charge is -2.08. The Balaban J connectivity index is 2.29. The molecule has 1 aromatic rings. The highest BCUT2D eigenvalue weighted by Gasteiger charge is 2.05. The van der Waals surface area contributed by atoms with Crippen molar-refractivity contribution in [3.63, 3.8) is 0 Å². The summed E-state index contributed by atoms with van der Waals surface area (Å²) in [6.07, 6.45) is 5.31. The summed E-state index contributed by atoms with van der Waals surface area (Å²) in [6.45, 7) is 0.427. The maximum absolute atomic E-state index is 11.6. The van der Waals surface area contributed by atoms with Crippen molar-refractivity contribution in [2.75, 3.05) is 6.54 Å². The van der Waals surface area contributed by atoms with Crippen molar-refractivity contribution >= 4 is 5.91 Å². The van der Waals surface area contributed by atoms with Crippen LogP contribution >= 0.6 is 0 Å². The highest BCUT2D eigenvalue weighted by atomic mass is 16.3. The van der Waals surface area contributed by atoms with Crippen LogP contribution in [0.1, 0.15) is 23.2 Å². The molecule has 0 saturated heterocycles. The van der Waals surface area contributed by atoms with Crippen LogP contribution in [-0.2, 0) is 0 Å². The van der Waals surface area contributed by atoms with E-state index in [0.29, 0.717) is 24.9 Å². The van der Waals surface area contributed by atoms with Crippen molar-refractivity contribution in [1.29, 1.82) is 0 Å². The fourth-order valence-corrected chi connectivity index (χ4v) is 1.28. The Kier molecular flexibility index (Phi) is 5.10. The van der Waals surface area contributed by atoms with Crippen LogP contribution < -0.4 is 5.32 Å². The highest BCUT2D eigenvalue weighted by molar-refractivity contribution is 5.94. The van der Waals surface area contributed by atoms with Crippen LogP contribution in [0, 0.1) is 12.3 Å². The van der Waals surface area contributed by atoms with Gasteiger partial charge < -0.3 is 10.4 Å². The van der Waals surface area contributed by atoms with Crippen LogP contribution in [0.2, 0.25) is 0 Å². The third-order valence-corrected chi connectivity index (χ3v) is 2.15. The molecule has 3 nitrogen and oxygen atoms in total. The Labute approximate surface area is 95.5 Å². The predicted octanol–water partition coefficient (Wildman–Crippen LogP) is 1.19. The van der Waals surface area contributed by atoms with Crippen molar-refractivity contribution in [2.45, 2.75) is 18.9 Å². The number of hydrogen-bond donors (Lipinski definition) is 2. The molecule has 1 rings (SSSR count). The van der Waals surface area contributed by atoms with Gasteiger partial charge in [-0.25, -0.2) is 0 Å². The van der Waals surface area contributed by atoms with Gasteiger partial charge in [0.1, 0.15) is 0 Å². The zero-order valence-corrected chi connectivity index (χ0v) is 9.02. The molecule has 0 aliphatic rings. The van der Waals surface area contributed by atoms with Gasteiger partial charge in [0.2, 0.25) is 0 Å². The number of benzene rings is 1. The number of rotatable bonds is 5. The van der Waals surface area contributed by atoms with Gasteiger partial charge in [-0.2, -0.15) is 0 Å². The fraction of sp³-hybridized carbons (Fsp3) is 0.308. The minimum atomic E-state index is -0.541. The summed E-state index contributed by atoms with van der Waals surface area (Å²) in [7, 11) is 0. The average molecular weight is 217 g/mol. The maximum Gasteiger partial charge on any atom is 0.251 e. The quantitative estimate of drug-likeness (QED) is 0.728. The van der Waals surface area contributed by atoms with Gasteiger partial charge in [0.05, 0.1) is 6.10 Å². The van der Waals surface area contributed by atoms with E-state index in [4.69, 9.17) is 6.42 Å². The van der Waals surface area contributed by atoms with Crippen molar-refractivity contribution in [3.8, 4) is 12.3 Å². The van der Waals surface area contributed by atoms with Crippen molar-refractivity contribution in [3.05, 3.63) is 35.9 Å². The first-order chi connectivity index (χ1) is 7.74. The number of nitrogens with one attached hydrogen (secondary N) is 1. The Morgan fingerprint density at radius 1 is 1.44 bits per heavy atom. The first-order valence-electron chi connectivity index (χ1n) is 5.19. The van der Waals surface area contributed by atoms with E-state index in [2.05, 4.69) is 11.2 Å². The lowest BCUT2D eigenvalue weighted by atomic mass is 10.2. The molecular weight excluding hydrogens is 202 g/mol. The Morgan fingerprint density at radius 2 is 2.12 bits per heavy atom. The lowest BCUT2D eigenvalue weighted by molar-refractivity contribution is 0.0943. The van der Waals surface area contributed by atoms with Gasteiger partial charge in [0.25, 0.3) is 5.91 Å². The number of amides is 1. The fourth-order valence-electron chi connectivity index (χ4n) is 1.28. The Bertz CT molecular complexity index is 367. The van der Waals surface area contributed by atoms with E-state index in [1.807, 2.05) is 18.2 Å². The molecule has 1 atom stereocenters. The van der Waals surface area contributed by atoms with Gasteiger partial charge in [-0.15, -0.1) is 12.3 Å².